The van der Waals surface area contributed by atoms with Crippen LogP contribution in [-0.4, -0.2) is 12.1 Å². The molecule has 0 unspecified atom stereocenters. The van der Waals surface area contributed by atoms with Crippen molar-refractivity contribution < 1.29 is 4.79 Å². The summed E-state index contributed by atoms with van der Waals surface area (Å²) in [6, 6.07) is 17.7. The Kier molecular flexibility index (Phi) is 3.70. The van der Waals surface area contributed by atoms with Crippen LogP contribution in [0.2, 0.25) is 0 Å². The maximum Gasteiger partial charge on any atom is 0.296 e. The summed E-state index contributed by atoms with van der Waals surface area (Å²) in [6.07, 6.45) is 1.52. The molecule has 1 amide bonds. The molecule has 0 aromatic heterocycles. The molecule has 1 aliphatic heterocycles. The molecular formula is C18H9N4O. The highest BCUT2D eigenvalue weighted by Crippen LogP contribution is 2.28. The molecule has 0 atom stereocenters. The fraction of sp³-hybridized carbons (Fsp3) is 0. The van der Waals surface area contributed by atoms with Crippen molar-refractivity contribution in [2.24, 2.45) is 5.10 Å². The average molecular weight is 297 g/mol. The maximum absolute atomic E-state index is 12.2. The number of allylic oxidation sites excluding steroid dienone is 1. The van der Waals surface area contributed by atoms with Crippen molar-refractivity contribution in [1.82, 2.24) is 5.43 Å². The highest BCUT2D eigenvalue weighted by atomic mass is 16.2. The third kappa shape index (κ3) is 2.72. The molecule has 0 spiro atoms. The van der Waals surface area contributed by atoms with Gasteiger partial charge in [-0.15, -0.1) is 5.43 Å². The fourth-order valence-electron chi connectivity index (χ4n) is 2.30. The van der Waals surface area contributed by atoms with Crippen LogP contribution < -0.4 is 5.43 Å². The van der Waals surface area contributed by atoms with Crippen LogP contribution in [-0.2, 0) is 4.79 Å². The second-order valence-electron chi connectivity index (χ2n) is 4.82. The first-order chi connectivity index (χ1) is 11.2. The van der Waals surface area contributed by atoms with E-state index in [2.05, 4.69) is 16.6 Å². The van der Waals surface area contributed by atoms with Crippen molar-refractivity contribution in [3.63, 3.8) is 0 Å². The summed E-state index contributed by atoms with van der Waals surface area (Å²) in [5.41, 5.74) is 7.16. The van der Waals surface area contributed by atoms with E-state index in [4.69, 9.17) is 10.5 Å². The van der Waals surface area contributed by atoms with E-state index in [1.54, 1.807) is 48.5 Å². The lowest BCUT2D eigenvalue weighted by Gasteiger charge is -2.14. The zero-order chi connectivity index (χ0) is 16.2. The SMILES string of the molecule is N#Cc1ccc(C2=C(c3ccc(C#N)cc3)C(=O)[N]N=C2)cc1. The van der Waals surface area contributed by atoms with Crippen LogP contribution in [0.5, 0.6) is 0 Å². The van der Waals surface area contributed by atoms with Crippen LogP contribution in [0, 0.1) is 22.7 Å². The predicted octanol–water partition coefficient (Wildman–Crippen LogP) is 2.47. The first-order valence-electron chi connectivity index (χ1n) is 6.76. The van der Waals surface area contributed by atoms with Crippen molar-refractivity contribution in [3.05, 3.63) is 70.8 Å². The molecule has 3 rings (SSSR count). The number of rotatable bonds is 2. The van der Waals surface area contributed by atoms with E-state index in [-0.39, 0.29) is 0 Å². The van der Waals surface area contributed by atoms with Crippen LogP contribution >= 0.6 is 0 Å². The number of carbonyl (C=O) groups excluding carboxylic acids is 1. The molecule has 1 heterocycles. The minimum Gasteiger partial charge on any atom is -0.265 e. The minimum absolute atomic E-state index is 0.425. The lowest BCUT2D eigenvalue weighted by atomic mass is 9.93. The Hall–Kier alpha value is -3.70. The summed E-state index contributed by atoms with van der Waals surface area (Å²) < 4.78 is 0. The van der Waals surface area contributed by atoms with E-state index in [1.165, 1.54) is 6.21 Å². The number of amides is 1. The third-order valence-electron chi connectivity index (χ3n) is 3.45. The Labute approximate surface area is 132 Å². The second kappa shape index (κ2) is 5.97. The van der Waals surface area contributed by atoms with Gasteiger partial charge >= 0.3 is 0 Å². The topological polar surface area (TPSA) is 91.1 Å². The molecule has 107 valence electrons. The molecule has 5 nitrogen and oxygen atoms in total. The molecular weight excluding hydrogens is 288 g/mol. The Morgan fingerprint density at radius 1 is 0.783 bits per heavy atom. The van der Waals surface area contributed by atoms with Crippen molar-refractivity contribution in [3.8, 4) is 12.1 Å². The van der Waals surface area contributed by atoms with E-state index >= 15 is 0 Å². The van der Waals surface area contributed by atoms with Gasteiger partial charge in [-0.3, -0.25) is 4.79 Å². The number of nitrogens with zero attached hydrogens (tertiary/aromatic N) is 4. The van der Waals surface area contributed by atoms with Gasteiger partial charge in [0.15, 0.2) is 0 Å². The maximum atomic E-state index is 12.2. The summed E-state index contributed by atoms with van der Waals surface area (Å²) in [5, 5.41) is 21.5. The molecule has 0 N–H and O–H groups in total. The lowest BCUT2D eigenvalue weighted by Crippen LogP contribution is -2.18. The first kappa shape index (κ1) is 14.2. The van der Waals surface area contributed by atoms with Crippen LogP contribution in [0.3, 0.4) is 0 Å². The summed E-state index contributed by atoms with van der Waals surface area (Å²) in [6.45, 7) is 0. The highest BCUT2D eigenvalue weighted by molar-refractivity contribution is 6.37. The van der Waals surface area contributed by atoms with E-state index in [0.717, 1.165) is 5.56 Å². The molecule has 0 saturated heterocycles. The summed E-state index contributed by atoms with van der Waals surface area (Å²) in [7, 11) is 0. The molecule has 23 heavy (non-hydrogen) atoms. The number of hydrogen-bond acceptors (Lipinski definition) is 4. The Morgan fingerprint density at radius 3 is 1.83 bits per heavy atom. The van der Waals surface area contributed by atoms with Gasteiger partial charge in [0, 0.05) is 5.57 Å². The van der Waals surface area contributed by atoms with Gasteiger partial charge < -0.3 is 0 Å². The van der Waals surface area contributed by atoms with Crippen molar-refractivity contribution in [2.75, 3.05) is 0 Å². The molecule has 0 bridgehead atoms. The van der Waals surface area contributed by atoms with Crippen molar-refractivity contribution in [2.45, 2.75) is 0 Å². The zero-order valence-electron chi connectivity index (χ0n) is 11.9. The van der Waals surface area contributed by atoms with Crippen LogP contribution in [0.1, 0.15) is 22.3 Å². The van der Waals surface area contributed by atoms with Gasteiger partial charge in [-0.25, -0.2) is 0 Å². The van der Waals surface area contributed by atoms with Gasteiger partial charge in [-0.2, -0.15) is 15.6 Å². The number of nitriles is 2. The summed E-state index contributed by atoms with van der Waals surface area (Å²) in [5.74, 6) is -0.434. The second-order valence-corrected chi connectivity index (χ2v) is 4.82. The normalized spacial score (nSPS) is 13.2. The number of benzene rings is 2. The summed E-state index contributed by atoms with van der Waals surface area (Å²) >= 11 is 0. The van der Waals surface area contributed by atoms with Gasteiger partial charge in [0.05, 0.1) is 35.1 Å². The van der Waals surface area contributed by atoms with Gasteiger partial charge in [-0.1, -0.05) is 24.3 Å². The van der Waals surface area contributed by atoms with Crippen molar-refractivity contribution in [1.29, 1.82) is 10.5 Å². The van der Waals surface area contributed by atoms with Crippen LogP contribution in [0.25, 0.3) is 11.1 Å². The van der Waals surface area contributed by atoms with Gasteiger partial charge in [0.25, 0.3) is 5.91 Å². The summed E-state index contributed by atoms with van der Waals surface area (Å²) in [4.78, 5) is 12.2. The molecule has 1 radical (unpaired) electrons. The molecule has 0 saturated carbocycles. The van der Waals surface area contributed by atoms with Gasteiger partial charge in [0.1, 0.15) is 0 Å². The first-order valence-corrected chi connectivity index (χ1v) is 6.76. The minimum atomic E-state index is -0.434. The van der Waals surface area contributed by atoms with Gasteiger partial charge in [0.2, 0.25) is 0 Å². The monoisotopic (exact) mass is 297 g/mol. The quantitative estimate of drug-likeness (QED) is 0.852. The van der Waals surface area contributed by atoms with Crippen LogP contribution in [0.4, 0.5) is 0 Å². The van der Waals surface area contributed by atoms with E-state index < -0.39 is 5.91 Å². The highest BCUT2D eigenvalue weighted by Gasteiger charge is 2.22. The molecule has 5 heteroatoms. The van der Waals surface area contributed by atoms with Crippen LogP contribution in [0.15, 0.2) is 53.6 Å². The van der Waals surface area contributed by atoms with E-state index in [1.807, 2.05) is 6.07 Å². The smallest absolute Gasteiger partial charge is 0.265 e. The average Bonchev–Trinajstić information content (AvgIpc) is 2.62. The Bertz CT molecular complexity index is 907. The van der Waals surface area contributed by atoms with Gasteiger partial charge in [-0.05, 0) is 35.4 Å². The van der Waals surface area contributed by atoms with Crippen molar-refractivity contribution >= 4 is 23.3 Å². The molecule has 2 aromatic rings. The third-order valence-corrected chi connectivity index (χ3v) is 3.45. The van der Waals surface area contributed by atoms with E-state index in [0.29, 0.717) is 27.8 Å². The predicted molar refractivity (Wildman–Crippen MR) is 84.8 cm³/mol. The number of carbonyl (C=O) groups is 1. The zero-order valence-corrected chi connectivity index (χ0v) is 11.9. The standard InChI is InChI=1S/C18H9N4O/c19-9-12-1-5-14(6-2-12)16-11-21-22-18(23)17(16)15-7-3-13(10-20)4-8-15/h1-8,11H. The lowest BCUT2D eigenvalue weighted by molar-refractivity contribution is -0.115. The largest absolute Gasteiger partial charge is 0.296 e. The molecule has 0 fully saturated rings. The molecule has 0 aliphatic carbocycles. The molecule has 1 aliphatic rings. The molecule has 2 aromatic carbocycles. The Balaban J connectivity index is 2.15. The fourth-order valence-corrected chi connectivity index (χ4v) is 2.30. The van der Waals surface area contributed by atoms with E-state index in [9.17, 15) is 4.79 Å². The Morgan fingerprint density at radius 2 is 1.30 bits per heavy atom. The number of hydrogen-bond donors (Lipinski definition) is 0.